The molecule has 3 aromatic carbocycles. The van der Waals surface area contributed by atoms with Gasteiger partial charge in [-0.1, -0.05) is 17.3 Å². The van der Waals surface area contributed by atoms with Crippen molar-refractivity contribution in [1.29, 1.82) is 5.26 Å². The van der Waals surface area contributed by atoms with Gasteiger partial charge >= 0.3 is 11.9 Å². The van der Waals surface area contributed by atoms with Crippen LogP contribution in [0.1, 0.15) is 26.4 Å². The van der Waals surface area contributed by atoms with Crippen LogP contribution in [0.3, 0.4) is 0 Å². The number of esters is 1. The Morgan fingerprint density at radius 3 is 2.49 bits per heavy atom. The number of aromatic nitrogens is 1. The molecule has 3 N–H and O–H groups in total. The number of hydrogen-bond acceptors (Lipinski definition) is 9. The number of benzene rings is 3. The Bertz CT molecular complexity index is 1550. The monoisotopic (exact) mass is 500 g/mol. The standard InChI is InChI=1S/C26H20N4O7/c1-35-21-11-22-19(10-17(21)15-4-6-16(7-5-15)28-13-23(31)36-2)24(30-37-22)25(32)29-20-8-3-14(12-27)9-18(20)26(33)34/h3-11,28H,13H2,1-2H3,(H,29,32)(H,33,34). The van der Waals surface area contributed by atoms with Crippen LogP contribution in [0.5, 0.6) is 5.75 Å². The topological polar surface area (TPSA) is 164 Å². The molecular formula is C26H20N4O7. The number of nitrogens with zero attached hydrogens (tertiary/aromatic N) is 2. The molecule has 1 heterocycles. The number of carbonyl (C=O) groups is 3. The van der Waals surface area contributed by atoms with Crippen LogP contribution >= 0.6 is 0 Å². The average molecular weight is 500 g/mol. The van der Waals surface area contributed by atoms with Crippen LogP contribution in [0.25, 0.3) is 22.1 Å². The third kappa shape index (κ3) is 5.18. The molecule has 0 radical (unpaired) electrons. The number of amides is 1. The quantitative estimate of drug-likeness (QED) is 0.302. The smallest absolute Gasteiger partial charge is 0.337 e. The molecular weight excluding hydrogens is 480 g/mol. The molecule has 0 fully saturated rings. The molecule has 1 amide bonds. The first-order valence-electron chi connectivity index (χ1n) is 10.8. The molecule has 0 saturated carbocycles. The van der Waals surface area contributed by atoms with Crippen molar-refractivity contribution in [2.45, 2.75) is 0 Å². The predicted octanol–water partition coefficient (Wildman–Crippen LogP) is 3.91. The van der Waals surface area contributed by atoms with Gasteiger partial charge in [0, 0.05) is 17.3 Å². The largest absolute Gasteiger partial charge is 0.496 e. The maximum atomic E-state index is 13.0. The molecule has 0 aliphatic carbocycles. The Balaban J connectivity index is 1.67. The van der Waals surface area contributed by atoms with Crippen molar-refractivity contribution in [2.24, 2.45) is 0 Å². The van der Waals surface area contributed by atoms with Gasteiger partial charge in [0.05, 0.1) is 42.5 Å². The molecule has 0 bridgehead atoms. The number of rotatable bonds is 8. The number of nitriles is 1. The Kier molecular flexibility index (Phi) is 7.02. The molecule has 0 atom stereocenters. The van der Waals surface area contributed by atoms with Crippen LogP contribution in [0, 0.1) is 11.3 Å². The SMILES string of the molecule is COC(=O)CNc1ccc(-c2cc3c(C(=O)Nc4ccc(C#N)cc4C(=O)O)noc3cc2OC)cc1. The van der Waals surface area contributed by atoms with E-state index in [9.17, 15) is 19.5 Å². The number of nitrogens with one attached hydrogen (secondary N) is 2. The van der Waals surface area contributed by atoms with Gasteiger partial charge in [0.1, 0.15) is 12.3 Å². The minimum Gasteiger partial charge on any atom is -0.496 e. The van der Waals surface area contributed by atoms with Crippen LogP contribution in [-0.2, 0) is 9.53 Å². The van der Waals surface area contributed by atoms with Gasteiger partial charge in [0.15, 0.2) is 11.3 Å². The maximum absolute atomic E-state index is 13.0. The van der Waals surface area contributed by atoms with Crippen molar-refractivity contribution in [3.63, 3.8) is 0 Å². The predicted molar refractivity (Wildman–Crippen MR) is 133 cm³/mol. The second-order valence-corrected chi connectivity index (χ2v) is 7.72. The minimum absolute atomic E-state index is 0.0106. The molecule has 1 aromatic heterocycles. The van der Waals surface area contributed by atoms with E-state index in [0.717, 1.165) is 5.56 Å². The fourth-order valence-electron chi connectivity index (χ4n) is 3.62. The third-order valence-electron chi connectivity index (χ3n) is 5.49. The summed E-state index contributed by atoms with van der Waals surface area (Å²) in [5.74, 6) is -1.91. The van der Waals surface area contributed by atoms with Crippen molar-refractivity contribution in [3.8, 4) is 22.9 Å². The summed E-state index contributed by atoms with van der Waals surface area (Å²) in [5, 5.41) is 28.3. The van der Waals surface area contributed by atoms with Crippen molar-refractivity contribution >= 4 is 40.2 Å². The highest BCUT2D eigenvalue weighted by atomic mass is 16.5. The zero-order chi connectivity index (χ0) is 26.5. The number of fused-ring (bicyclic) bond motifs is 1. The highest BCUT2D eigenvalue weighted by Crippen LogP contribution is 2.36. The van der Waals surface area contributed by atoms with Crippen molar-refractivity contribution in [1.82, 2.24) is 5.16 Å². The molecule has 0 unspecified atom stereocenters. The molecule has 4 rings (SSSR count). The second kappa shape index (κ2) is 10.5. The van der Waals surface area contributed by atoms with Crippen LogP contribution in [0.4, 0.5) is 11.4 Å². The zero-order valence-electron chi connectivity index (χ0n) is 19.7. The van der Waals surface area contributed by atoms with Crippen molar-refractivity contribution < 1.29 is 33.5 Å². The van der Waals surface area contributed by atoms with Gasteiger partial charge in [-0.15, -0.1) is 0 Å². The lowest BCUT2D eigenvalue weighted by Crippen LogP contribution is -2.15. The first kappa shape index (κ1) is 24.7. The number of ether oxygens (including phenoxy) is 2. The highest BCUT2D eigenvalue weighted by molar-refractivity contribution is 6.13. The number of hydrogen-bond donors (Lipinski definition) is 3. The minimum atomic E-state index is -1.30. The van der Waals surface area contributed by atoms with Gasteiger partial charge in [0.25, 0.3) is 5.91 Å². The molecule has 0 aliphatic rings. The van der Waals surface area contributed by atoms with Gasteiger partial charge in [0.2, 0.25) is 0 Å². The summed E-state index contributed by atoms with van der Waals surface area (Å²) in [4.78, 5) is 36.0. The Morgan fingerprint density at radius 2 is 1.84 bits per heavy atom. The summed E-state index contributed by atoms with van der Waals surface area (Å²) in [5.41, 5.74) is 2.27. The lowest BCUT2D eigenvalue weighted by molar-refractivity contribution is -0.138. The van der Waals surface area contributed by atoms with E-state index in [-0.39, 0.29) is 29.1 Å². The van der Waals surface area contributed by atoms with E-state index in [1.54, 1.807) is 24.3 Å². The fraction of sp³-hybridized carbons (Fsp3) is 0.115. The van der Waals surface area contributed by atoms with Gasteiger partial charge in [-0.25, -0.2) is 4.79 Å². The number of carboxylic acids is 1. The van der Waals surface area contributed by atoms with E-state index in [0.29, 0.717) is 28.0 Å². The summed E-state index contributed by atoms with van der Waals surface area (Å²) >= 11 is 0. The van der Waals surface area contributed by atoms with Crippen LogP contribution in [0.2, 0.25) is 0 Å². The normalized spacial score (nSPS) is 10.4. The first-order valence-corrected chi connectivity index (χ1v) is 10.8. The summed E-state index contributed by atoms with van der Waals surface area (Å²) < 4.78 is 15.5. The van der Waals surface area contributed by atoms with E-state index in [2.05, 4.69) is 20.5 Å². The fourth-order valence-corrected chi connectivity index (χ4v) is 3.62. The van der Waals surface area contributed by atoms with Crippen molar-refractivity contribution in [2.75, 3.05) is 31.4 Å². The summed E-state index contributed by atoms with van der Waals surface area (Å²) in [6.07, 6.45) is 0. The van der Waals surface area contributed by atoms with E-state index in [1.807, 2.05) is 18.2 Å². The van der Waals surface area contributed by atoms with E-state index in [1.165, 1.54) is 32.4 Å². The number of methoxy groups -OCH3 is 2. The first-order chi connectivity index (χ1) is 17.8. The maximum Gasteiger partial charge on any atom is 0.337 e. The van der Waals surface area contributed by atoms with Gasteiger partial charge < -0.3 is 29.7 Å². The average Bonchev–Trinajstić information content (AvgIpc) is 3.34. The molecule has 0 saturated heterocycles. The summed E-state index contributed by atoms with van der Waals surface area (Å²) in [6.45, 7) is 0.0210. The van der Waals surface area contributed by atoms with Crippen LogP contribution < -0.4 is 15.4 Å². The van der Waals surface area contributed by atoms with Crippen molar-refractivity contribution in [3.05, 3.63) is 71.4 Å². The van der Waals surface area contributed by atoms with E-state index < -0.39 is 17.8 Å². The number of aromatic carboxylic acids is 1. The number of carboxylic acid groups (broad SMARTS) is 1. The van der Waals surface area contributed by atoms with Gasteiger partial charge in [-0.2, -0.15) is 5.26 Å². The van der Waals surface area contributed by atoms with Crippen LogP contribution in [-0.4, -0.2) is 48.9 Å². The zero-order valence-corrected chi connectivity index (χ0v) is 19.7. The van der Waals surface area contributed by atoms with E-state index in [4.69, 9.17) is 14.5 Å². The lowest BCUT2D eigenvalue weighted by Gasteiger charge is -2.11. The summed E-state index contributed by atoms with van der Waals surface area (Å²) in [6, 6.07) is 16.2. The van der Waals surface area contributed by atoms with Crippen LogP contribution in [0.15, 0.2) is 59.1 Å². The second-order valence-electron chi connectivity index (χ2n) is 7.72. The molecule has 4 aromatic rings. The Hall–Kier alpha value is -5.37. The highest BCUT2D eigenvalue weighted by Gasteiger charge is 2.22. The summed E-state index contributed by atoms with van der Waals surface area (Å²) in [7, 11) is 2.81. The Labute approximate surface area is 210 Å². The third-order valence-corrected chi connectivity index (χ3v) is 5.49. The molecule has 0 spiro atoms. The van der Waals surface area contributed by atoms with Gasteiger partial charge in [-0.3, -0.25) is 9.59 Å². The van der Waals surface area contributed by atoms with E-state index >= 15 is 0 Å². The lowest BCUT2D eigenvalue weighted by atomic mass is 10.0. The number of anilines is 2. The number of carbonyl (C=O) groups excluding carboxylic acids is 2. The molecule has 0 aliphatic heterocycles. The molecule has 186 valence electrons. The molecule has 37 heavy (non-hydrogen) atoms. The molecule has 11 nitrogen and oxygen atoms in total. The molecule has 11 heteroatoms. The Morgan fingerprint density at radius 1 is 1.08 bits per heavy atom. The van der Waals surface area contributed by atoms with Gasteiger partial charge in [-0.05, 0) is 42.0 Å².